The zero-order chi connectivity index (χ0) is 35.4. The Hall–Kier alpha value is -6.74. The van der Waals surface area contributed by atoms with Crippen molar-refractivity contribution >= 4 is 12.2 Å². The quantitative estimate of drug-likeness (QED) is 0.0858. The zero-order valence-corrected chi connectivity index (χ0v) is 26.9. The number of fused-ring (bicyclic) bond motifs is 2. The van der Waals surface area contributed by atoms with Crippen molar-refractivity contribution in [3.8, 4) is 51.7 Å². The van der Waals surface area contributed by atoms with E-state index >= 15 is 0 Å². The SMILES string of the molecule is Oc1ccc(/C=C/c2cc(O)cc3c2[C@H](c2cc(O)cc4c2[C@@H](c2cc(O)cc(O)c2)[C@H](c2ccc(O)cc2)O4)[C@H](c2ccc(O)cc2)O3)cc1. The van der Waals surface area contributed by atoms with Gasteiger partial charge in [-0.3, -0.25) is 0 Å². The van der Waals surface area contributed by atoms with Gasteiger partial charge in [0, 0.05) is 29.3 Å². The van der Waals surface area contributed by atoms with Crippen LogP contribution in [-0.4, -0.2) is 35.7 Å². The van der Waals surface area contributed by atoms with E-state index < -0.39 is 24.0 Å². The van der Waals surface area contributed by atoms with Gasteiger partial charge in [0.1, 0.15) is 64.0 Å². The first kappa shape index (κ1) is 31.5. The fourth-order valence-electron chi connectivity index (χ4n) is 7.31. The maximum absolute atomic E-state index is 11.3. The van der Waals surface area contributed by atoms with E-state index in [1.807, 2.05) is 12.2 Å². The molecule has 0 fully saturated rings. The Morgan fingerprint density at radius 2 is 0.863 bits per heavy atom. The predicted octanol–water partition coefficient (Wildman–Crippen LogP) is 8.33. The van der Waals surface area contributed by atoms with E-state index in [0.29, 0.717) is 39.3 Å². The van der Waals surface area contributed by atoms with Crippen molar-refractivity contribution in [3.63, 3.8) is 0 Å². The fourth-order valence-corrected chi connectivity index (χ4v) is 7.31. The Kier molecular flexibility index (Phi) is 7.60. The summed E-state index contributed by atoms with van der Waals surface area (Å²) in [4.78, 5) is 0. The minimum atomic E-state index is -0.694. The lowest BCUT2D eigenvalue weighted by molar-refractivity contribution is 0.219. The molecule has 2 aliphatic heterocycles. The van der Waals surface area contributed by atoms with Crippen molar-refractivity contribution in [2.45, 2.75) is 24.0 Å². The minimum absolute atomic E-state index is 0.0193. The largest absolute Gasteiger partial charge is 0.508 e. The average Bonchev–Trinajstić information content (AvgIpc) is 3.67. The van der Waals surface area contributed by atoms with Crippen molar-refractivity contribution in [1.29, 1.82) is 0 Å². The molecule has 6 aromatic carbocycles. The standard InChI is InChI=1S/C42H32O9/c43-27-9-2-22(3-10-27)1-4-25-15-32(48)20-35-37(25)40(42(50-35)24-7-13-29(45)14-8-24)34-19-33(49)21-36-39(34)38(26-16-30(46)18-31(47)17-26)41(51-36)23-5-11-28(44)12-6-23/h1-21,38,40-49H/b4-1+/t38-,40+,41+,42+/m1/s1. The van der Waals surface area contributed by atoms with E-state index in [0.717, 1.165) is 16.7 Å². The summed E-state index contributed by atoms with van der Waals surface area (Å²) in [5.74, 6) is -0.504. The Morgan fingerprint density at radius 3 is 1.43 bits per heavy atom. The summed E-state index contributed by atoms with van der Waals surface area (Å²) in [7, 11) is 0. The Morgan fingerprint density at radius 1 is 0.392 bits per heavy atom. The Labute approximate surface area is 292 Å². The first-order valence-electron chi connectivity index (χ1n) is 16.3. The normalized spacial score (nSPS) is 19.0. The van der Waals surface area contributed by atoms with E-state index in [4.69, 9.17) is 9.47 Å². The summed E-state index contributed by atoms with van der Waals surface area (Å²) in [6, 6.07) is 30.7. The van der Waals surface area contributed by atoms with Gasteiger partial charge in [-0.25, -0.2) is 0 Å². The highest BCUT2D eigenvalue weighted by Crippen LogP contribution is 2.59. The molecule has 9 nitrogen and oxygen atoms in total. The third-order valence-electron chi connectivity index (χ3n) is 9.46. The summed E-state index contributed by atoms with van der Waals surface area (Å²) in [6.07, 6.45) is 2.32. The summed E-state index contributed by atoms with van der Waals surface area (Å²) >= 11 is 0. The number of phenols is 7. The van der Waals surface area contributed by atoms with Crippen molar-refractivity contribution < 1.29 is 45.2 Å². The maximum Gasteiger partial charge on any atom is 0.135 e. The molecule has 0 aromatic heterocycles. The second-order valence-corrected chi connectivity index (χ2v) is 12.8. The molecule has 51 heavy (non-hydrogen) atoms. The molecule has 6 aromatic rings. The van der Waals surface area contributed by atoms with Crippen LogP contribution in [-0.2, 0) is 0 Å². The van der Waals surface area contributed by atoms with Gasteiger partial charge >= 0.3 is 0 Å². The van der Waals surface area contributed by atoms with E-state index in [1.54, 1.807) is 103 Å². The molecule has 9 heteroatoms. The lowest BCUT2D eigenvalue weighted by Crippen LogP contribution is -2.16. The first-order chi connectivity index (χ1) is 24.6. The molecule has 0 radical (unpaired) electrons. The topological polar surface area (TPSA) is 160 Å². The van der Waals surface area contributed by atoms with Crippen LogP contribution in [0.2, 0.25) is 0 Å². The highest BCUT2D eigenvalue weighted by atomic mass is 16.5. The molecule has 8 rings (SSSR count). The van der Waals surface area contributed by atoms with Crippen LogP contribution in [0.15, 0.2) is 115 Å². The average molecular weight is 681 g/mol. The Bertz CT molecular complexity index is 2270. The molecule has 0 unspecified atom stereocenters. The highest BCUT2D eigenvalue weighted by Gasteiger charge is 2.46. The molecule has 4 atom stereocenters. The fraction of sp³-hybridized carbons (Fsp3) is 0.0952. The van der Waals surface area contributed by atoms with Gasteiger partial charge in [0.25, 0.3) is 0 Å². The van der Waals surface area contributed by atoms with Crippen molar-refractivity contribution in [2.75, 3.05) is 0 Å². The number of rotatable bonds is 6. The van der Waals surface area contributed by atoms with E-state index in [2.05, 4.69) is 0 Å². The molecule has 2 aliphatic rings. The molecule has 0 saturated heterocycles. The maximum atomic E-state index is 11.3. The molecule has 254 valence electrons. The van der Waals surface area contributed by atoms with Crippen molar-refractivity contribution in [1.82, 2.24) is 0 Å². The van der Waals surface area contributed by atoms with Crippen LogP contribution in [0.4, 0.5) is 0 Å². The summed E-state index contributed by atoms with van der Waals surface area (Å²) < 4.78 is 13.3. The van der Waals surface area contributed by atoms with Crippen LogP contribution in [0.25, 0.3) is 12.2 Å². The van der Waals surface area contributed by atoms with E-state index in [9.17, 15) is 35.7 Å². The van der Waals surface area contributed by atoms with Crippen molar-refractivity contribution in [2.24, 2.45) is 0 Å². The van der Waals surface area contributed by atoms with E-state index in [-0.39, 0.29) is 40.2 Å². The number of benzene rings is 6. The highest BCUT2D eigenvalue weighted by molar-refractivity contribution is 5.76. The molecule has 7 N–H and O–H groups in total. The summed E-state index contributed by atoms with van der Waals surface area (Å²) in [5, 5.41) is 73.4. The number of hydrogen-bond acceptors (Lipinski definition) is 9. The molecular formula is C42H32O9. The Balaban J connectivity index is 1.37. The zero-order valence-electron chi connectivity index (χ0n) is 26.9. The molecule has 0 bridgehead atoms. The van der Waals surface area contributed by atoms with Crippen LogP contribution in [0, 0.1) is 0 Å². The summed E-state index contributed by atoms with van der Waals surface area (Å²) in [6.45, 7) is 0. The molecule has 2 heterocycles. The third kappa shape index (κ3) is 5.84. The van der Waals surface area contributed by atoms with Crippen LogP contribution < -0.4 is 9.47 Å². The molecule has 0 saturated carbocycles. The third-order valence-corrected chi connectivity index (χ3v) is 9.46. The lowest BCUT2D eigenvalue weighted by atomic mass is 9.75. The molecule has 0 spiro atoms. The number of hydrogen-bond donors (Lipinski definition) is 7. The summed E-state index contributed by atoms with van der Waals surface area (Å²) in [5.41, 5.74) is 5.48. The van der Waals surface area contributed by atoms with Gasteiger partial charge in [-0.05, 0) is 94.0 Å². The van der Waals surface area contributed by atoms with Gasteiger partial charge in [-0.1, -0.05) is 48.6 Å². The predicted molar refractivity (Wildman–Crippen MR) is 190 cm³/mol. The lowest BCUT2D eigenvalue weighted by Gasteiger charge is -2.26. The van der Waals surface area contributed by atoms with Crippen LogP contribution in [0.5, 0.6) is 51.7 Å². The van der Waals surface area contributed by atoms with Crippen LogP contribution >= 0.6 is 0 Å². The van der Waals surface area contributed by atoms with E-state index in [1.165, 1.54) is 12.1 Å². The van der Waals surface area contributed by atoms with Crippen LogP contribution in [0.1, 0.15) is 68.6 Å². The van der Waals surface area contributed by atoms with Crippen LogP contribution in [0.3, 0.4) is 0 Å². The number of phenolic OH excluding ortho intramolecular Hbond substituents is 7. The smallest absolute Gasteiger partial charge is 0.135 e. The van der Waals surface area contributed by atoms with Gasteiger partial charge in [0.05, 0.1) is 11.8 Å². The van der Waals surface area contributed by atoms with Gasteiger partial charge in [0.15, 0.2) is 0 Å². The first-order valence-corrected chi connectivity index (χ1v) is 16.3. The molecule has 0 aliphatic carbocycles. The second-order valence-electron chi connectivity index (χ2n) is 12.8. The number of aromatic hydroxyl groups is 7. The molecular weight excluding hydrogens is 648 g/mol. The number of ether oxygens (including phenoxy) is 2. The van der Waals surface area contributed by atoms with Crippen molar-refractivity contribution in [3.05, 3.63) is 160 Å². The monoisotopic (exact) mass is 680 g/mol. The van der Waals surface area contributed by atoms with Gasteiger partial charge in [0.2, 0.25) is 0 Å². The van der Waals surface area contributed by atoms with Gasteiger partial charge in [-0.15, -0.1) is 0 Å². The van der Waals surface area contributed by atoms with Gasteiger partial charge < -0.3 is 45.2 Å². The minimum Gasteiger partial charge on any atom is -0.508 e. The molecule has 0 amide bonds. The van der Waals surface area contributed by atoms with Gasteiger partial charge in [-0.2, -0.15) is 0 Å². The second kappa shape index (κ2) is 12.3.